The fraction of sp³-hybridized carbons (Fsp3) is 0.308. The van der Waals surface area contributed by atoms with E-state index in [4.69, 9.17) is 14.6 Å². The largest absolute Gasteiger partial charge is 0.443 e. The number of aldehydes is 1. The van der Waals surface area contributed by atoms with Crippen LogP contribution < -0.4 is 4.57 Å². The van der Waals surface area contributed by atoms with Gasteiger partial charge in [0.15, 0.2) is 34.6 Å². The van der Waals surface area contributed by atoms with Crippen molar-refractivity contribution in [3.8, 4) is 0 Å². The van der Waals surface area contributed by atoms with Gasteiger partial charge in [-0.15, -0.1) is 0 Å². The Labute approximate surface area is 594 Å². The van der Waals surface area contributed by atoms with Crippen molar-refractivity contribution in [2.24, 2.45) is 0 Å². The predicted molar refractivity (Wildman–Crippen MR) is 389 cm³/mol. The summed E-state index contributed by atoms with van der Waals surface area (Å²) in [5.74, 6) is 0.115. The van der Waals surface area contributed by atoms with Gasteiger partial charge >= 0.3 is 12.2 Å². The van der Waals surface area contributed by atoms with E-state index in [2.05, 4.69) is 63.9 Å². The Morgan fingerprint density at radius 2 is 1.03 bits per heavy atom. The summed E-state index contributed by atoms with van der Waals surface area (Å²) in [6.07, 6.45) is 11.7. The number of nitrogens with zero attached hydrogens (tertiary/aromatic N) is 4. The number of ketones is 5. The molecule has 0 fully saturated rings. The van der Waals surface area contributed by atoms with Crippen LogP contribution in [0.15, 0.2) is 182 Å². The number of aromatic nitrogens is 3. The zero-order valence-corrected chi connectivity index (χ0v) is 61.3. The van der Waals surface area contributed by atoms with E-state index in [-0.39, 0.29) is 79.8 Å². The van der Waals surface area contributed by atoms with E-state index in [9.17, 15) is 38.4 Å². The van der Waals surface area contributed by atoms with E-state index in [0.29, 0.717) is 39.8 Å². The molecule has 0 atom stereocenters. The number of fused-ring (bicyclic) bond motifs is 3. The SMILES string of the molecule is CC(C)(C)OC(=O)n1ccc2cc(C(=O)CCC(=O)c3ccccc3)ccc21.CC(C)(C)OC(=O)n1ccc2cc(C=O)ccc21.CC[CH-]I.CC[n+]1csc(CCO)c1C.CN(C)CCC(=O)c1ccccc1.O=C(CCC(=O)c1ccc2c(c1)C=CC2)c1ccccc1.[V]. The third-order valence-electron chi connectivity index (χ3n) is 14.4. The van der Waals surface area contributed by atoms with Crippen LogP contribution in [0.2, 0.25) is 0 Å². The van der Waals surface area contributed by atoms with Crippen LogP contribution in [0.5, 0.6) is 0 Å². The van der Waals surface area contributed by atoms with Crippen LogP contribution in [0.1, 0.15) is 178 Å². The van der Waals surface area contributed by atoms with E-state index in [0.717, 1.165) is 59.6 Å². The van der Waals surface area contributed by atoms with Crippen LogP contribution in [0, 0.1) is 11.4 Å². The van der Waals surface area contributed by atoms with Crippen molar-refractivity contribution < 1.29 is 76.1 Å². The van der Waals surface area contributed by atoms with Gasteiger partial charge in [-0.1, -0.05) is 134 Å². The maximum atomic E-state index is 12.5. The maximum Gasteiger partial charge on any atom is 0.418 e. The topological polar surface area (TPSA) is 192 Å². The molecule has 6 aromatic carbocycles. The van der Waals surface area contributed by atoms with E-state index in [1.54, 1.807) is 109 Å². The zero-order chi connectivity index (χ0) is 69.7. The predicted octanol–water partition coefficient (Wildman–Crippen LogP) is 17.3. The van der Waals surface area contributed by atoms with Crippen molar-refractivity contribution in [1.29, 1.82) is 0 Å². The average molecular weight is 1470 g/mol. The molecule has 15 nitrogen and oxygen atoms in total. The Balaban J connectivity index is 0.000000259. The van der Waals surface area contributed by atoms with Gasteiger partial charge in [-0.2, -0.15) is 11.0 Å². The van der Waals surface area contributed by atoms with Gasteiger partial charge in [0.25, 0.3) is 0 Å². The summed E-state index contributed by atoms with van der Waals surface area (Å²) in [7, 11) is 3.94. The number of hydrogen-bond acceptors (Lipinski definition) is 13. The second-order valence-corrected chi connectivity index (χ2v) is 26.2. The van der Waals surface area contributed by atoms with Gasteiger partial charge < -0.3 is 42.1 Å². The minimum absolute atomic E-state index is 0. The Morgan fingerprint density at radius 1 is 0.604 bits per heavy atom. The molecule has 1 aliphatic rings. The molecule has 0 saturated carbocycles. The number of Topliss-reactive ketones (excluding diaryl/α,β-unsaturated/α-hetero) is 5. The number of aliphatic hydroxyl groups excluding tert-OH is 1. The van der Waals surface area contributed by atoms with Crippen molar-refractivity contribution in [1.82, 2.24) is 14.0 Å². The van der Waals surface area contributed by atoms with Gasteiger partial charge in [0.2, 0.25) is 5.51 Å². The molecular formula is C78H89IN4O11SV. The Kier molecular flexibility index (Phi) is 33.9. The molecule has 10 rings (SSSR count). The molecule has 0 aliphatic heterocycles. The maximum absolute atomic E-state index is 12.5. The van der Waals surface area contributed by atoms with Crippen LogP contribution in [-0.2, 0) is 47.4 Å². The van der Waals surface area contributed by atoms with E-state index in [1.165, 1.54) is 31.7 Å². The van der Waals surface area contributed by atoms with Crippen LogP contribution >= 0.6 is 33.9 Å². The third-order valence-corrected chi connectivity index (χ3v) is 16.4. The van der Waals surface area contributed by atoms with Crippen molar-refractivity contribution in [2.75, 3.05) is 27.2 Å². The van der Waals surface area contributed by atoms with E-state index in [1.807, 2.05) is 139 Å². The number of allylic oxidation sites excluding steroid dienone is 1. The third kappa shape index (κ3) is 26.5. The number of carbonyl (C=O) groups is 8. The molecule has 505 valence electrons. The Bertz CT molecular complexity index is 4030. The first kappa shape index (κ1) is 80.4. The van der Waals surface area contributed by atoms with Gasteiger partial charge in [0, 0.05) is 134 Å². The number of halogens is 1. The summed E-state index contributed by atoms with van der Waals surface area (Å²) in [6, 6.07) is 47.1. The van der Waals surface area contributed by atoms with Crippen LogP contribution in [0.4, 0.5) is 9.59 Å². The van der Waals surface area contributed by atoms with Gasteiger partial charge in [-0.05, 0) is 135 Å². The molecule has 1 N–H and O–H groups in total. The van der Waals surface area contributed by atoms with Crippen molar-refractivity contribution in [3.05, 3.63) is 241 Å². The first-order chi connectivity index (χ1) is 45.3. The second-order valence-electron chi connectivity index (χ2n) is 24.4. The number of benzene rings is 6. The Morgan fingerprint density at radius 3 is 1.45 bits per heavy atom. The fourth-order valence-corrected chi connectivity index (χ4v) is 10.4. The number of rotatable bonds is 19. The second kappa shape index (κ2) is 40.5. The normalized spacial score (nSPS) is 11.1. The van der Waals surface area contributed by atoms with Gasteiger partial charge in [-0.25, -0.2) is 9.59 Å². The molecule has 0 unspecified atom stereocenters. The number of hydrogen-bond donors (Lipinski definition) is 1. The number of carbonyl (C=O) groups excluding carboxylic acids is 8. The summed E-state index contributed by atoms with van der Waals surface area (Å²) >= 11 is 3.95. The summed E-state index contributed by atoms with van der Waals surface area (Å²) in [6.45, 7) is 19.3. The minimum Gasteiger partial charge on any atom is -0.443 e. The number of ether oxygens (including phenoxy) is 2. The summed E-state index contributed by atoms with van der Waals surface area (Å²) in [4.78, 5) is 98.7. The van der Waals surface area contributed by atoms with Crippen molar-refractivity contribution in [3.63, 3.8) is 0 Å². The minimum atomic E-state index is -0.588. The molecule has 0 bridgehead atoms. The molecule has 0 amide bonds. The molecule has 96 heavy (non-hydrogen) atoms. The summed E-state index contributed by atoms with van der Waals surface area (Å²) in [5.41, 5.74) is 9.97. The van der Waals surface area contributed by atoms with Crippen molar-refractivity contribution >= 4 is 109 Å². The molecule has 0 saturated heterocycles. The first-order valence-corrected chi connectivity index (χ1v) is 33.8. The molecular weight excluding hydrogens is 1380 g/mol. The van der Waals surface area contributed by atoms with Gasteiger partial charge in [-0.3, -0.25) is 42.3 Å². The van der Waals surface area contributed by atoms with Gasteiger partial charge in [0.1, 0.15) is 24.0 Å². The number of aliphatic hydroxyl groups is 1. The van der Waals surface area contributed by atoms with Gasteiger partial charge in [0.05, 0.1) is 15.9 Å². The molecule has 9 aromatic rings. The van der Waals surface area contributed by atoms with Crippen molar-refractivity contribution in [2.45, 2.75) is 131 Å². The molecule has 0 spiro atoms. The van der Waals surface area contributed by atoms with E-state index >= 15 is 0 Å². The summed E-state index contributed by atoms with van der Waals surface area (Å²) < 4.78 is 17.9. The molecule has 1 radical (unpaired) electrons. The van der Waals surface area contributed by atoms with E-state index < -0.39 is 23.4 Å². The number of thiazole rings is 1. The smallest absolute Gasteiger partial charge is 0.418 e. The Hall–Kier alpha value is -8.04. The summed E-state index contributed by atoms with van der Waals surface area (Å²) in [5, 5.41) is 10.3. The van der Waals surface area contributed by atoms with Crippen LogP contribution in [0.25, 0.3) is 27.9 Å². The quantitative estimate of drug-likeness (QED) is 0.0265. The molecule has 18 heteroatoms. The first-order valence-electron chi connectivity index (χ1n) is 31.7. The fourth-order valence-electron chi connectivity index (χ4n) is 9.39. The molecule has 3 aromatic heterocycles. The van der Waals surface area contributed by atoms with Crippen LogP contribution in [0.3, 0.4) is 0 Å². The number of aryl methyl sites for hydroxylation is 1. The van der Waals surface area contributed by atoms with Crippen LogP contribution in [-0.4, -0.2) is 105 Å². The molecule has 1 aliphatic carbocycles. The molecule has 3 heterocycles. The standard InChI is InChI=1S/C23H23NO4.C19H16O2.C14H15NO3.C11H15NO.C8H14NOS.C3H6I.V/c1-23(2,3)28-22(27)24-14-13-17-15-18(9-10-19(17)24)21(26)12-11-20(25)16-7-5-4-6-8-16;20-18(15-5-2-1-3-6-15)11-12-19(21)17-10-9-14-7-4-8-16(14)13-17;1-14(2,3)18-13(17)15-7-6-11-8-10(9-16)4-5-12(11)15;1-12(2)9-8-11(13)10-6-4-3-5-7-10;1-3-9-6-11-8(4-5-10)7(9)2;1-2-3-4;/h4-10,13-15H,11-12H2,1-3H3;1-6,8-10,13H,7,11-12H2;4-9H,1-3H3;3-7H,8-9H2,1-2H3;6,10H,3-5H2,1-2H3;3H,2H2,1H3;/q;;;;+1;-1;. The monoisotopic (exact) mass is 1470 g/mol. The average Bonchev–Trinajstić information content (AvgIpc) is 1.66. The zero-order valence-electron chi connectivity index (χ0n) is 56.9.